The lowest BCUT2D eigenvalue weighted by Crippen LogP contribution is -2.35. The molecule has 0 aliphatic carbocycles. The molecular formula is C16H22N4O. The third kappa shape index (κ3) is 3.14. The number of fused-ring (bicyclic) bond motifs is 1. The molecule has 1 unspecified atom stereocenters. The fraction of sp³-hybridized carbons (Fsp3) is 0.500. The highest BCUT2D eigenvalue weighted by Gasteiger charge is 2.26. The van der Waals surface area contributed by atoms with Crippen LogP contribution < -0.4 is 5.32 Å². The Morgan fingerprint density at radius 2 is 2.00 bits per heavy atom. The largest absolute Gasteiger partial charge is 0.368 e. The summed E-state index contributed by atoms with van der Waals surface area (Å²) < 4.78 is 8.02. The van der Waals surface area contributed by atoms with Crippen LogP contribution in [0.15, 0.2) is 30.3 Å². The second kappa shape index (κ2) is 5.58. The van der Waals surface area contributed by atoms with E-state index in [-0.39, 0.29) is 11.6 Å². The molecule has 1 atom stereocenters. The monoisotopic (exact) mass is 286 g/mol. The molecule has 0 saturated heterocycles. The molecule has 1 aliphatic heterocycles. The van der Waals surface area contributed by atoms with Gasteiger partial charge in [0.1, 0.15) is 6.61 Å². The van der Waals surface area contributed by atoms with Gasteiger partial charge in [-0.2, -0.15) is 0 Å². The number of hydrogen-bond acceptors (Lipinski definition) is 4. The van der Waals surface area contributed by atoms with Gasteiger partial charge in [-0.05, 0) is 26.3 Å². The summed E-state index contributed by atoms with van der Waals surface area (Å²) in [6.07, 6.45) is 0. The Bertz CT molecular complexity index is 600. The third-order valence-electron chi connectivity index (χ3n) is 3.57. The minimum absolute atomic E-state index is 0.107. The fourth-order valence-corrected chi connectivity index (χ4v) is 2.52. The van der Waals surface area contributed by atoms with E-state index in [1.165, 1.54) is 5.56 Å². The van der Waals surface area contributed by atoms with E-state index in [1.54, 1.807) is 0 Å². The van der Waals surface area contributed by atoms with Gasteiger partial charge in [0.2, 0.25) is 0 Å². The first-order valence-corrected chi connectivity index (χ1v) is 7.39. The summed E-state index contributed by atoms with van der Waals surface area (Å²) in [5, 5.41) is 12.2. The Hall–Kier alpha value is -1.72. The van der Waals surface area contributed by atoms with Crippen molar-refractivity contribution in [2.24, 2.45) is 0 Å². The second-order valence-electron chi connectivity index (χ2n) is 6.32. The molecule has 1 N–H and O–H groups in total. The van der Waals surface area contributed by atoms with Crippen molar-refractivity contribution in [3.8, 4) is 0 Å². The van der Waals surface area contributed by atoms with Crippen molar-refractivity contribution in [1.29, 1.82) is 0 Å². The van der Waals surface area contributed by atoms with Gasteiger partial charge in [-0.1, -0.05) is 30.3 Å². The minimum atomic E-state index is -0.169. The van der Waals surface area contributed by atoms with Crippen LogP contribution in [0.3, 0.4) is 0 Å². The Morgan fingerprint density at radius 1 is 1.24 bits per heavy atom. The van der Waals surface area contributed by atoms with Crippen LogP contribution in [0.1, 0.15) is 44.0 Å². The Kier molecular flexibility index (Phi) is 3.78. The van der Waals surface area contributed by atoms with Gasteiger partial charge >= 0.3 is 0 Å². The number of hydrogen-bond donors (Lipinski definition) is 1. The van der Waals surface area contributed by atoms with Crippen LogP contribution in [0.4, 0.5) is 0 Å². The molecule has 0 saturated carbocycles. The maximum atomic E-state index is 5.84. The summed E-state index contributed by atoms with van der Waals surface area (Å²) >= 11 is 0. The average molecular weight is 286 g/mol. The van der Waals surface area contributed by atoms with Crippen LogP contribution >= 0.6 is 0 Å². The number of nitrogens with zero attached hydrogens (tertiary/aromatic N) is 3. The predicted octanol–water partition coefficient (Wildman–Crippen LogP) is 2.29. The predicted molar refractivity (Wildman–Crippen MR) is 80.9 cm³/mol. The summed E-state index contributed by atoms with van der Waals surface area (Å²) in [6.45, 7) is 8.44. The lowest BCUT2D eigenvalue weighted by Gasteiger charge is -2.26. The summed E-state index contributed by atoms with van der Waals surface area (Å²) in [7, 11) is 0. The molecule has 21 heavy (non-hydrogen) atoms. The minimum Gasteiger partial charge on any atom is -0.368 e. The van der Waals surface area contributed by atoms with Crippen LogP contribution in [0.25, 0.3) is 0 Å². The van der Waals surface area contributed by atoms with Gasteiger partial charge in [-0.3, -0.25) is 0 Å². The zero-order valence-electron chi connectivity index (χ0n) is 12.8. The zero-order chi connectivity index (χ0) is 14.9. The lowest BCUT2D eigenvalue weighted by molar-refractivity contribution is -0.0196. The van der Waals surface area contributed by atoms with E-state index >= 15 is 0 Å². The number of ether oxygens (including phenoxy) is 1. The molecule has 3 rings (SSSR count). The van der Waals surface area contributed by atoms with E-state index in [2.05, 4.69) is 65.1 Å². The fourth-order valence-electron chi connectivity index (χ4n) is 2.52. The van der Waals surface area contributed by atoms with Crippen LogP contribution in [0.5, 0.6) is 0 Å². The first-order valence-electron chi connectivity index (χ1n) is 7.39. The topological polar surface area (TPSA) is 52.0 Å². The number of benzene rings is 1. The molecule has 0 fully saturated rings. The maximum Gasteiger partial charge on any atom is 0.159 e. The summed E-state index contributed by atoms with van der Waals surface area (Å²) in [4.78, 5) is 0. The van der Waals surface area contributed by atoms with Gasteiger partial charge in [-0.25, -0.2) is 0 Å². The first kappa shape index (κ1) is 14.2. The van der Waals surface area contributed by atoms with Crippen molar-refractivity contribution in [3.63, 3.8) is 0 Å². The SMILES string of the molecule is CC(C)(C)OCc1nnc2n1CCNC2c1ccccc1. The first-order chi connectivity index (χ1) is 10.0. The van der Waals surface area contributed by atoms with E-state index in [4.69, 9.17) is 4.74 Å². The van der Waals surface area contributed by atoms with Gasteiger partial charge in [0, 0.05) is 13.1 Å². The van der Waals surface area contributed by atoms with Crippen LogP contribution in [0.2, 0.25) is 0 Å². The highest BCUT2D eigenvalue weighted by atomic mass is 16.5. The van der Waals surface area contributed by atoms with E-state index in [9.17, 15) is 0 Å². The average Bonchev–Trinajstić information content (AvgIpc) is 2.88. The third-order valence-corrected chi connectivity index (χ3v) is 3.57. The molecule has 1 aromatic heterocycles. The van der Waals surface area contributed by atoms with Gasteiger partial charge < -0.3 is 14.6 Å². The van der Waals surface area contributed by atoms with Crippen LogP contribution in [-0.2, 0) is 17.9 Å². The molecule has 5 heteroatoms. The van der Waals surface area contributed by atoms with Crippen molar-refractivity contribution < 1.29 is 4.74 Å². The number of nitrogens with one attached hydrogen (secondary N) is 1. The van der Waals surface area contributed by atoms with E-state index < -0.39 is 0 Å². The molecule has 5 nitrogen and oxygen atoms in total. The molecule has 1 aromatic carbocycles. The molecular weight excluding hydrogens is 264 g/mol. The zero-order valence-corrected chi connectivity index (χ0v) is 12.8. The number of aromatic nitrogens is 3. The van der Waals surface area contributed by atoms with E-state index in [1.807, 2.05) is 6.07 Å². The standard InChI is InChI=1S/C16H22N4O/c1-16(2,3)21-11-13-18-19-15-14(17-9-10-20(13)15)12-7-5-4-6-8-12/h4-8,14,17H,9-11H2,1-3H3. The van der Waals surface area contributed by atoms with E-state index in [0.29, 0.717) is 6.61 Å². The van der Waals surface area contributed by atoms with Gasteiger partial charge in [-0.15, -0.1) is 10.2 Å². The molecule has 112 valence electrons. The smallest absolute Gasteiger partial charge is 0.159 e. The van der Waals surface area contributed by atoms with Gasteiger partial charge in [0.05, 0.1) is 11.6 Å². The van der Waals surface area contributed by atoms with Gasteiger partial charge in [0.25, 0.3) is 0 Å². The van der Waals surface area contributed by atoms with Crippen molar-refractivity contribution >= 4 is 0 Å². The highest BCUT2D eigenvalue weighted by Crippen LogP contribution is 2.24. The Labute approximate surface area is 125 Å². The summed E-state index contributed by atoms with van der Waals surface area (Å²) in [5.74, 6) is 1.88. The van der Waals surface area contributed by atoms with Crippen LogP contribution in [-0.4, -0.2) is 26.9 Å². The highest BCUT2D eigenvalue weighted by molar-refractivity contribution is 5.26. The van der Waals surface area contributed by atoms with Crippen molar-refractivity contribution in [2.45, 2.75) is 45.6 Å². The maximum absolute atomic E-state index is 5.84. The normalized spacial score (nSPS) is 18.5. The number of rotatable bonds is 3. The Morgan fingerprint density at radius 3 is 2.71 bits per heavy atom. The molecule has 0 spiro atoms. The molecule has 1 aliphatic rings. The molecule has 2 aromatic rings. The van der Waals surface area contributed by atoms with Gasteiger partial charge in [0.15, 0.2) is 11.6 Å². The molecule has 0 radical (unpaired) electrons. The van der Waals surface area contributed by atoms with E-state index in [0.717, 1.165) is 24.7 Å². The quantitative estimate of drug-likeness (QED) is 0.940. The lowest BCUT2D eigenvalue weighted by atomic mass is 10.1. The molecule has 0 bridgehead atoms. The van der Waals surface area contributed by atoms with Crippen LogP contribution in [0, 0.1) is 0 Å². The summed E-state index contributed by atoms with van der Waals surface area (Å²) in [6, 6.07) is 10.5. The molecule has 2 heterocycles. The summed E-state index contributed by atoms with van der Waals surface area (Å²) in [5.41, 5.74) is 1.05. The molecule has 0 amide bonds. The van der Waals surface area contributed by atoms with Crippen molar-refractivity contribution in [2.75, 3.05) is 6.54 Å². The van der Waals surface area contributed by atoms with Crippen molar-refractivity contribution in [1.82, 2.24) is 20.1 Å². The Balaban J connectivity index is 1.85. The van der Waals surface area contributed by atoms with Crippen molar-refractivity contribution in [3.05, 3.63) is 47.5 Å². The second-order valence-corrected chi connectivity index (χ2v) is 6.32.